The van der Waals surface area contributed by atoms with Crippen molar-refractivity contribution in [1.29, 1.82) is 0 Å². The van der Waals surface area contributed by atoms with Crippen LogP contribution >= 0.6 is 15.9 Å². The molecular formula is C10H17BrFNO2. The minimum atomic E-state index is -1.29. The number of carbonyl (C=O) groups is 1. The number of nitrogens with zero attached hydrogens (tertiary/aromatic N) is 1. The first-order valence-corrected chi connectivity index (χ1v) is 6.11. The Bertz CT molecular complexity index is 254. The van der Waals surface area contributed by atoms with Crippen LogP contribution in [0.2, 0.25) is 0 Å². The van der Waals surface area contributed by atoms with E-state index in [0.717, 1.165) is 0 Å². The van der Waals surface area contributed by atoms with E-state index in [-0.39, 0.29) is 11.9 Å². The van der Waals surface area contributed by atoms with Gasteiger partial charge in [-0.3, -0.25) is 0 Å². The molecule has 1 amide bonds. The van der Waals surface area contributed by atoms with Crippen molar-refractivity contribution in [2.24, 2.45) is 0 Å². The summed E-state index contributed by atoms with van der Waals surface area (Å²) in [5, 5.41) is 0.263. The van der Waals surface area contributed by atoms with Gasteiger partial charge in [-0.2, -0.15) is 0 Å². The summed E-state index contributed by atoms with van der Waals surface area (Å²) in [5.74, 6) is 0. The van der Waals surface area contributed by atoms with Crippen molar-refractivity contribution in [3.8, 4) is 0 Å². The van der Waals surface area contributed by atoms with Gasteiger partial charge in [0.15, 0.2) is 0 Å². The zero-order valence-electron chi connectivity index (χ0n) is 9.35. The van der Waals surface area contributed by atoms with Gasteiger partial charge < -0.3 is 9.64 Å². The third-order valence-electron chi connectivity index (χ3n) is 2.20. The van der Waals surface area contributed by atoms with Crippen LogP contribution in [0.3, 0.4) is 0 Å². The van der Waals surface area contributed by atoms with Gasteiger partial charge in [0.05, 0.1) is 6.54 Å². The van der Waals surface area contributed by atoms with Crippen LogP contribution in [0, 0.1) is 0 Å². The Morgan fingerprint density at radius 2 is 2.20 bits per heavy atom. The first-order chi connectivity index (χ1) is 6.76. The number of carbonyl (C=O) groups excluding carboxylic acids is 1. The molecule has 0 aliphatic carbocycles. The fourth-order valence-corrected chi connectivity index (χ4v) is 1.88. The summed E-state index contributed by atoms with van der Waals surface area (Å²) in [4.78, 5) is 13.0. The molecule has 0 aromatic heterocycles. The number of hydrogen-bond donors (Lipinski definition) is 0. The van der Waals surface area contributed by atoms with Crippen LogP contribution in [0.4, 0.5) is 9.18 Å². The van der Waals surface area contributed by atoms with Crippen molar-refractivity contribution in [2.45, 2.75) is 38.5 Å². The summed E-state index contributed by atoms with van der Waals surface area (Å²) in [7, 11) is 0. The number of alkyl halides is 2. The highest BCUT2D eigenvalue weighted by Gasteiger charge is 2.40. The zero-order valence-corrected chi connectivity index (χ0v) is 10.9. The molecule has 1 fully saturated rings. The van der Waals surface area contributed by atoms with Crippen LogP contribution in [-0.2, 0) is 4.74 Å². The van der Waals surface area contributed by atoms with E-state index in [0.29, 0.717) is 13.0 Å². The number of rotatable bonds is 1. The van der Waals surface area contributed by atoms with Gasteiger partial charge in [-0.05, 0) is 20.8 Å². The molecule has 15 heavy (non-hydrogen) atoms. The second-order valence-corrected chi connectivity index (χ2v) is 5.50. The highest BCUT2D eigenvalue weighted by atomic mass is 79.9. The first-order valence-electron chi connectivity index (χ1n) is 4.99. The van der Waals surface area contributed by atoms with Crippen LogP contribution in [0.1, 0.15) is 27.2 Å². The van der Waals surface area contributed by atoms with E-state index in [2.05, 4.69) is 15.9 Å². The standard InChI is InChI=1S/C10H17BrFNO2/c1-9(2,3)15-8(14)13-5-4-10(12,6-11)7-13/h4-7H2,1-3H3. The van der Waals surface area contributed by atoms with E-state index in [4.69, 9.17) is 4.74 Å². The van der Waals surface area contributed by atoms with Gasteiger partial charge in [-0.25, -0.2) is 9.18 Å². The third kappa shape index (κ3) is 3.63. The molecule has 0 N–H and O–H groups in total. The number of ether oxygens (including phenoxy) is 1. The molecule has 0 spiro atoms. The molecule has 0 saturated carbocycles. The summed E-state index contributed by atoms with van der Waals surface area (Å²) in [6, 6.07) is 0. The van der Waals surface area contributed by atoms with Crippen LogP contribution in [0.15, 0.2) is 0 Å². The summed E-state index contributed by atoms with van der Waals surface area (Å²) < 4.78 is 19.0. The van der Waals surface area contributed by atoms with Crippen LogP contribution in [-0.4, -0.2) is 40.7 Å². The molecule has 0 radical (unpaired) electrons. The monoisotopic (exact) mass is 281 g/mol. The lowest BCUT2D eigenvalue weighted by molar-refractivity contribution is 0.0266. The Morgan fingerprint density at radius 3 is 2.60 bits per heavy atom. The van der Waals surface area contributed by atoms with E-state index < -0.39 is 17.4 Å². The van der Waals surface area contributed by atoms with Crippen molar-refractivity contribution >= 4 is 22.0 Å². The lowest BCUT2D eigenvalue weighted by Crippen LogP contribution is -2.38. The number of likely N-dealkylation sites (tertiary alicyclic amines) is 1. The molecule has 5 heteroatoms. The summed E-state index contributed by atoms with van der Waals surface area (Å²) in [5.41, 5.74) is -1.82. The molecule has 0 aromatic rings. The van der Waals surface area contributed by atoms with Crippen molar-refractivity contribution in [3.05, 3.63) is 0 Å². The topological polar surface area (TPSA) is 29.5 Å². The summed E-state index contributed by atoms with van der Waals surface area (Å²) >= 11 is 3.12. The highest BCUT2D eigenvalue weighted by Crippen LogP contribution is 2.28. The molecule has 1 aliphatic rings. The molecule has 1 heterocycles. The normalized spacial score (nSPS) is 26.9. The summed E-state index contributed by atoms with van der Waals surface area (Å²) in [6.07, 6.45) is -0.0553. The SMILES string of the molecule is CC(C)(C)OC(=O)N1CCC(F)(CBr)C1. The van der Waals surface area contributed by atoms with Crippen molar-refractivity contribution < 1.29 is 13.9 Å². The lowest BCUT2D eigenvalue weighted by atomic mass is 10.1. The van der Waals surface area contributed by atoms with Crippen LogP contribution in [0.5, 0.6) is 0 Å². The average Bonchev–Trinajstić information content (AvgIpc) is 2.46. The van der Waals surface area contributed by atoms with Gasteiger partial charge in [0.25, 0.3) is 0 Å². The minimum absolute atomic E-state index is 0.118. The van der Waals surface area contributed by atoms with E-state index in [1.165, 1.54) is 4.90 Å². The second kappa shape index (κ2) is 4.28. The largest absolute Gasteiger partial charge is 0.444 e. The highest BCUT2D eigenvalue weighted by molar-refractivity contribution is 9.09. The van der Waals surface area contributed by atoms with Crippen LogP contribution < -0.4 is 0 Å². The maximum Gasteiger partial charge on any atom is 0.410 e. The summed E-state index contributed by atoms with van der Waals surface area (Å²) in [6.45, 7) is 5.95. The molecule has 3 nitrogen and oxygen atoms in total. The van der Waals surface area contributed by atoms with E-state index in [1.807, 2.05) is 0 Å². The predicted octanol–water partition coefficient (Wildman–Crippen LogP) is 2.73. The second-order valence-electron chi connectivity index (χ2n) is 4.94. The van der Waals surface area contributed by atoms with Crippen LogP contribution in [0.25, 0.3) is 0 Å². The smallest absolute Gasteiger partial charge is 0.410 e. The number of amides is 1. The fourth-order valence-electron chi connectivity index (χ4n) is 1.43. The van der Waals surface area contributed by atoms with Gasteiger partial charge in [0.1, 0.15) is 11.3 Å². The molecule has 0 bridgehead atoms. The Balaban J connectivity index is 2.51. The van der Waals surface area contributed by atoms with Gasteiger partial charge >= 0.3 is 6.09 Å². The Kier molecular flexibility index (Phi) is 3.63. The number of halogens is 2. The molecule has 88 valence electrons. The molecule has 1 atom stereocenters. The molecule has 1 aliphatic heterocycles. The predicted molar refractivity (Wildman–Crippen MR) is 60.1 cm³/mol. The zero-order chi connectivity index (χ0) is 11.7. The maximum atomic E-state index is 13.8. The average molecular weight is 282 g/mol. The van der Waals surface area contributed by atoms with E-state index in [9.17, 15) is 9.18 Å². The van der Waals surface area contributed by atoms with E-state index >= 15 is 0 Å². The first kappa shape index (κ1) is 12.7. The Morgan fingerprint density at radius 1 is 1.60 bits per heavy atom. The van der Waals surface area contributed by atoms with Crippen molar-refractivity contribution in [3.63, 3.8) is 0 Å². The van der Waals surface area contributed by atoms with Gasteiger partial charge in [0, 0.05) is 18.3 Å². The molecule has 1 rings (SSSR count). The Labute approximate surface area is 98.1 Å². The number of hydrogen-bond acceptors (Lipinski definition) is 2. The third-order valence-corrected chi connectivity index (χ3v) is 3.20. The van der Waals surface area contributed by atoms with Gasteiger partial charge in [0.2, 0.25) is 0 Å². The molecule has 0 aromatic carbocycles. The molecule has 1 saturated heterocycles. The van der Waals surface area contributed by atoms with Crippen molar-refractivity contribution in [1.82, 2.24) is 4.90 Å². The molecular weight excluding hydrogens is 265 g/mol. The van der Waals surface area contributed by atoms with E-state index in [1.54, 1.807) is 20.8 Å². The minimum Gasteiger partial charge on any atom is -0.444 e. The van der Waals surface area contributed by atoms with Gasteiger partial charge in [-0.15, -0.1) is 0 Å². The maximum absolute atomic E-state index is 13.8. The quantitative estimate of drug-likeness (QED) is 0.692. The molecule has 1 unspecified atom stereocenters. The lowest BCUT2D eigenvalue weighted by Gasteiger charge is -2.25. The fraction of sp³-hybridized carbons (Fsp3) is 0.900. The Hall–Kier alpha value is -0.320. The van der Waals surface area contributed by atoms with Crippen molar-refractivity contribution in [2.75, 3.05) is 18.4 Å². The van der Waals surface area contributed by atoms with Gasteiger partial charge in [-0.1, -0.05) is 15.9 Å².